The van der Waals surface area contributed by atoms with Gasteiger partial charge in [-0.25, -0.2) is 0 Å². The standard InChI is InChI=1S/C21H38BO2Si.Li/c1-6-21(23-2)22(17-11-9-12-18(22)14-10-13-17)19-15-7-8-16-20(19)24-25(3,4)5;/h17-20H,1,7-16H2,2-5H3;/q-1;+1/t17?,18?,19-,20-,22?;/m1./s1. The zero-order chi connectivity index (χ0) is 18.1. The maximum Gasteiger partial charge on any atom is 1.00 e. The molecule has 0 aromatic heterocycles. The monoisotopic (exact) mass is 368 g/mol. The SMILES string of the molecule is C=C=C(OC)[B-]1([C@@H]2CCCC[C@H]2O[Si](C)(C)C)C2CCCC1CCC2.[Li+]. The van der Waals surface area contributed by atoms with Crippen LogP contribution in [-0.4, -0.2) is 27.7 Å². The van der Waals surface area contributed by atoms with Gasteiger partial charge in [0.15, 0.2) is 8.32 Å². The van der Waals surface area contributed by atoms with E-state index in [0.717, 1.165) is 17.3 Å². The second kappa shape index (κ2) is 9.11. The first-order chi connectivity index (χ1) is 11.9. The summed E-state index contributed by atoms with van der Waals surface area (Å²) < 4.78 is 12.8. The molecule has 3 rings (SSSR count). The van der Waals surface area contributed by atoms with Crippen LogP contribution in [0.1, 0.15) is 64.2 Å². The minimum atomic E-state index is -1.55. The van der Waals surface area contributed by atoms with Gasteiger partial charge in [0, 0.05) is 6.10 Å². The van der Waals surface area contributed by atoms with Gasteiger partial charge in [-0.05, 0) is 31.7 Å². The fourth-order valence-corrected chi connectivity index (χ4v) is 8.39. The van der Waals surface area contributed by atoms with Gasteiger partial charge in [-0.3, -0.25) is 0 Å². The Morgan fingerprint density at radius 2 is 1.46 bits per heavy atom. The number of methoxy groups -OCH3 is 1. The molecule has 142 valence electrons. The van der Waals surface area contributed by atoms with Crippen LogP contribution in [0.15, 0.2) is 18.0 Å². The molecule has 2 nitrogen and oxygen atoms in total. The summed E-state index contributed by atoms with van der Waals surface area (Å²) in [6.07, 6.45) is 13.2. The van der Waals surface area contributed by atoms with E-state index >= 15 is 0 Å². The molecule has 0 unspecified atom stereocenters. The molecule has 3 fully saturated rings. The van der Waals surface area contributed by atoms with Crippen molar-refractivity contribution in [3.63, 3.8) is 0 Å². The Morgan fingerprint density at radius 1 is 0.923 bits per heavy atom. The molecule has 1 saturated carbocycles. The van der Waals surface area contributed by atoms with E-state index in [0.29, 0.717) is 11.9 Å². The van der Waals surface area contributed by atoms with Crippen LogP contribution >= 0.6 is 0 Å². The van der Waals surface area contributed by atoms with Gasteiger partial charge in [-0.2, -0.15) is 11.6 Å². The van der Waals surface area contributed by atoms with Crippen LogP contribution in [0.25, 0.3) is 0 Å². The topological polar surface area (TPSA) is 18.5 Å². The van der Waals surface area contributed by atoms with Crippen molar-refractivity contribution < 1.29 is 28.0 Å². The van der Waals surface area contributed by atoms with E-state index in [4.69, 9.17) is 9.16 Å². The Labute approximate surface area is 174 Å². The molecule has 0 N–H and O–H groups in total. The Kier molecular flexibility index (Phi) is 7.86. The minimum Gasteiger partial charge on any atom is -0.535 e. The average molecular weight is 368 g/mol. The maximum atomic E-state index is 6.81. The summed E-state index contributed by atoms with van der Waals surface area (Å²) in [5.41, 5.74) is 4.43. The van der Waals surface area contributed by atoms with E-state index in [1.807, 2.05) is 7.11 Å². The normalized spacial score (nSPS) is 37.2. The number of hydrogen-bond acceptors (Lipinski definition) is 2. The smallest absolute Gasteiger partial charge is 0.535 e. The van der Waals surface area contributed by atoms with Crippen molar-refractivity contribution in [3.8, 4) is 0 Å². The van der Waals surface area contributed by atoms with Gasteiger partial charge in [-0.15, -0.1) is 11.5 Å². The van der Waals surface area contributed by atoms with Gasteiger partial charge < -0.3 is 9.16 Å². The first-order valence-electron chi connectivity index (χ1n) is 10.7. The predicted octanol–water partition coefficient (Wildman–Crippen LogP) is 3.57. The fraction of sp³-hybridized carbons (Fsp3) is 0.857. The maximum absolute atomic E-state index is 6.81. The minimum absolute atomic E-state index is 0. The molecule has 0 spiro atoms. The van der Waals surface area contributed by atoms with Gasteiger partial charge in [0.25, 0.3) is 0 Å². The molecule has 2 saturated heterocycles. The molecular formula is C21H38BLiO2Si. The average Bonchev–Trinajstić information content (AvgIpc) is 2.54. The van der Waals surface area contributed by atoms with Gasteiger partial charge in [-0.1, -0.05) is 64.4 Å². The Bertz CT molecular complexity index is 505. The van der Waals surface area contributed by atoms with Crippen molar-refractivity contribution in [2.24, 2.45) is 0 Å². The summed E-state index contributed by atoms with van der Waals surface area (Å²) in [5, 5.41) is 0. The quantitative estimate of drug-likeness (QED) is 0.420. The molecule has 2 atom stereocenters. The van der Waals surface area contributed by atoms with Crippen molar-refractivity contribution in [1.29, 1.82) is 0 Å². The van der Waals surface area contributed by atoms with Crippen LogP contribution in [0.5, 0.6) is 0 Å². The van der Waals surface area contributed by atoms with Crippen LogP contribution in [-0.2, 0) is 9.16 Å². The molecule has 2 bridgehead atoms. The van der Waals surface area contributed by atoms with E-state index in [1.165, 1.54) is 64.2 Å². The van der Waals surface area contributed by atoms with Crippen molar-refractivity contribution in [1.82, 2.24) is 0 Å². The summed E-state index contributed by atoms with van der Waals surface area (Å²) in [7, 11) is 0.309. The summed E-state index contributed by atoms with van der Waals surface area (Å²) in [5.74, 6) is 2.25. The second-order valence-electron chi connectivity index (χ2n) is 9.92. The third kappa shape index (κ3) is 4.11. The Hall–Kier alpha value is 0.159. The molecule has 1 aliphatic carbocycles. The Morgan fingerprint density at radius 3 is 1.92 bits per heavy atom. The van der Waals surface area contributed by atoms with Crippen LogP contribution < -0.4 is 18.9 Å². The van der Waals surface area contributed by atoms with E-state index < -0.39 is 14.5 Å². The van der Waals surface area contributed by atoms with Gasteiger partial charge >= 0.3 is 18.9 Å². The predicted molar refractivity (Wildman–Crippen MR) is 111 cm³/mol. The molecule has 5 heteroatoms. The van der Waals surface area contributed by atoms with Crippen molar-refractivity contribution in [3.05, 3.63) is 18.0 Å². The summed E-state index contributed by atoms with van der Waals surface area (Å²) in [6.45, 7) is 11.1. The zero-order valence-electron chi connectivity index (χ0n) is 18.0. The molecule has 26 heavy (non-hydrogen) atoms. The van der Waals surface area contributed by atoms with Crippen LogP contribution in [0.3, 0.4) is 0 Å². The molecule has 2 heterocycles. The van der Waals surface area contributed by atoms with Crippen molar-refractivity contribution in [2.75, 3.05) is 7.11 Å². The number of ether oxygens (including phenoxy) is 1. The van der Waals surface area contributed by atoms with Gasteiger partial charge in [0.05, 0.1) is 13.3 Å². The van der Waals surface area contributed by atoms with Crippen molar-refractivity contribution >= 4 is 14.5 Å². The second-order valence-corrected chi connectivity index (χ2v) is 14.4. The summed E-state index contributed by atoms with van der Waals surface area (Å²) in [4.78, 5) is 0. The summed E-state index contributed by atoms with van der Waals surface area (Å²) >= 11 is 0. The van der Waals surface area contributed by atoms with Crippen LogP contribution in [0.2, 0.25) is 37.1 Å². The number of rotatable bonds is 5. The molecule has 0 radical (unpaired) electrons. The molecule has 0 aromatic rings. The molecule has 2 aliphatic heterocycles. The third-order valence-electron chi connectivity index (χ3n) is 7.68. The first-order valence-corrected chi connectivity index (χ1v) is 14.1. The fourth-order valence-electron chi connectivity index (χ4n) is 7.19. The first kappa shape index (κ1) is 22.4. The number of fused-ring (bicyclic) bond motifs is 2. The number of hydrogen-bond donors (Lipinski definition) is 0. The molecule has 0 aromatic carbocycles. The van der Waals surface area contributed by atoms with E-state index in [-0.39, 0.29) is 18.9 Å². The molecule has 0 amide bonds. The summed E-state index contributed by atoms with van der Waals surface area (Å²) in [6, 6.07) is 0. The van der Waals surface area contributed by atoms with Gasteiger partial charge in [0.1, 0.15) is 0 Å². The van der Waals surface area contributed by atoms with Crippen LogP contribution in [0, 0.1) is 0 Å². The van der Waals surface area contributed by atoms with Crippen LogP contribution in [0.4, 0.5) is 0 Å². The molecular weight excluding hydrogens is 330 g/mol. The zero-order valence-corrected chi connectivity index (χ0v) is 19.0. The van der Waals surface area contributed by atoms with Crippen molar-refractivity contribution in [2.45, 2.75) is 107 Å². The third-order valence-corrected chi connectivity index (χ3v) is 8.68. The van der Waals surface area contributed by atoms with E-state index in [9.17, 15) is 0 Å². The van der Waals surface area contributed by atoms with E-state index in [2.05, 4.69) is 32.0 Å². The largest absolute Gasteiger partial charge is 1.00 e. The van der Waals surface area contributed by atoms with Gasteiger partial charge in [0.2, 0.25) is 0 Å². The van der Waals surface area contributed by atoms with E-state index in [1.54, 1.807) is 0 Å². The Balaban J connectivity index is 0.00000243. The molecule has 3 aliphatic rings.